The molecule has 0 aromatic rings. The molecular weight excluding hydrogens is 136 g/mol. The Morgan fingerprint density at radius 2 is 2.50 bits per heavy atom. The average Bonchev–Trinajstić information content (AvgIpc) is 1.90. The molecule has 0 radical (unpaired) electrons. The molecule has 0 unspecified atom stereocenters. The molecule has 0 aliphatic heterocycles. The van der Waals surface area contributed by atoms with Crippen molar-refractivity contribution in [1.82, 2.24) is 0 Å². The second-order valence-electron chi connectivity index (χ2n) is 1.44. The van der Waals surface area contributed by atoms with Crippen LogP contribution in [-0.4, -0.2) is 23.5 Å². The molecule has 0 aromatic carbocycles. The summed E-state index contributed by atoms with van der Waals surface area (Å²) in [6.07, 6.45) is 0. The third kappa shape index (κ3) is 3.43. The van der Waals surface area contributed by atoms with Crippen LogP contribution in [0, 0.1) is 11.3 Å². The molecule has 0 bridgehead atoms. The molecule has 0 fully saturated rings. The maximum Gasteiger partial charge on any atom is 0.303 e. The molecule has 10 heavy (non-hydrogen) atoms. The van der Waals surface area contributed by atoms with Crippen molar-refractivity contribution in [3.8, 4) is 6.07 Å². The van der Waals surface area contributed by atoms with E-state index in [0.717, 1.165) is 0 Å². The van der Waals surface area contributed by atoms with Crippen LogP contribution in [0.25, 0.3) is 0 Å². The van der Waals surface area contributed by atoms with E-state index in [1.165, 1.54) is 13.0 Å². The van der Waals surface area contributed by atoms with E-state index in [-0.39, 0.29) is 12.3 Å². The highest BCUT2D eigenvalue weighted by Gasteiger charge is 1.99. The van der Waals surface area contributed by atoms with Gasteiger partial charge in [-0.2, -0.15) is 5.26 Å². The van der Waals surface area contributed by atoms with Gasteiger partial charge in [0.1, 0.15) is 12.7 Å². The molecule has 0 aliphatic carbocycles. The van der Waals surface area contributed by atoms with Crippen LogP contribution in [0.1, 0.15) is 6.92 Å². The Hall–Kier alpha value is -1.57. The first kappa shape index (κ1) is 8.43. The number of ether oxygens (including phenoxy) is 1. The van der Waals surface area contributed by atoms with Crippen molar-refractivity contribution in [2.45, 2.75) is 6.92 Å². The maximum absolute atomic E-state index is 10.1. The predicted octanol–water partition coefficient (Wildman–Crippen LogP) is -0.0967. The Bertz CT molecular complexity index is 192. The first-order valence-corrected chi connectivity index (χ1v) is 2.45. The molecule has 1 N–H and O–H groups in total. The Labute approximate surface area is 57.5 Å². The molecule has 0 saturated heterocycles. The second-order valence-corrected chi connectivity index (χ2v) is 1.44. The first-order valence-electron chi connectivity index (χ1n) is 2.45. The predicted molar refractivity (Wildman–Crippen MR) is 31.5 cm³/mol. The third-order valence-corrected chi connectivity index (χ3v) is 0.662. The summed E-state index contributed by atoms with van der Waals surface area (Å²) in [5.41, 5.74) is -0.227. The minimum Gasteiger partial charge on any atom is -0.458 e. The van der Waals surface area contributed by atoms with Crippen LogP contribution in [0.3, 0.4) is 0 Å². The van der Waals surface area contributed by atoms with Crippen LogP contribution >= 0.6 is 0 Å². The largest absolute Gasteiger partial charge is 0.458 e. The van der Waals surface area contributed by atoms with Gasteiger partial charge in [0, 0.05) is 6.92 Å². The van der Waals surface area contributed by atoms with E-state index < -0.39 is 5.97 Å². The standard InChI is InChI=1S/C5H6N2O3/c1-4(8)10-3-5(2-6)7-9/h9H,3H2,1H3/b7-5-. The van der Waals surface area contributed by atoms with E-state index in [9.17, 15) is 4.79 Å². The smallest absolute Gasteiger partial charge is 0.303 e. The Morgan fingerprint density at radius 1 is 1.90 bits per heavy atom. The molecule has 0 aliphatic rings. The van der Waals surface area contributed by atoms with Gasteiger partial charge in [-0.3, -0.25) is 4.79 Å². The highest BCUT2D eigenvalue weighted by Crippen LogP contribution is 1.79. The number of hydrogen-bond acceptors (Lipinski definition) is 5. The van der Waals surface area contributed by atoms with Crippen LogP contribution in [-0.2, 0) is 9.53 Å². The van der Waals surface area contributed by atoms with Gasteiger partial charge in [-0.05, 0) is 0 Å². The number of carbonyl (C=O) groups is 1. The monoisotopic (exact) mass is 142 g/mol. The topological polar surface area (TPSA) is 82.7 Å². The van der Waals surface area contributed by atoms with Crippen LogP contribution in [0.15, 0.2) is 5.16 Å². The van der Waals surface area contributed by atoms with Gasteiger partial charge in [0.2, 0.25) is 0 Å². The van der Waals surface area contributed by atoms with Gasteiger partial charge >= 0.3 is 5.97 Å². The van der Waals surface area contributed by atoms with Gasteiger partial charge in [0.25, 0.3) is 0 Å². The molecule has 5 heteroatoms. The quantitative estimate of drug-likeness (QED) is 0.252. The number of oxime groups is 1. The van der Waals surface area contributed by atoms with Crippen LogP contribution < -0.4 is 0 Å². The fourth-order valence-corrected chi connectivity index (χ4v) is 0.253. The lowest BCUT2D eigenvalue weighted by molar-refractivity contribution is -0.139. The van der Waals surface area contributed by atoms with Crippen molar-refractivity contribution in [3.05, 3.63) is 0 Å². The van der Waals surface area contributed by atoms with E-state index >= 15 is 0 Å². The molecule has 0 amide bonds. The fraction of sp³-hybridized carbons (Fsp3) is 0.400. The van der Waals surface area contributed by atoms with Gasteiger partial charge in [-0.1, -0.05) is 5.16 Å². The number of nitriles is 1. The maximum atomic E-state index is 10.1. The molecule has 0 saturated carbocycles. The molecule has 54 valence electrons. The van der Waals surface area contributed by atoms with E-state index in [4.69, 9.17) is 10.5 Å². The molecular formula is C5H6N2O3. The summed E-state index contributed by atoms with van der Waals surface area (Å²) in [4.78, 5) is 10.1. The van der Waals surface area contributed by atoms with Crippen molar-refractivity contribution in [2.24, 2.45) is 5.16 Å². The average molecular weight is 142 g/mol. The molecule has 0 aromatic heterocycles. The molecule has 0 rings (SSSR count). The van der Waals surface area contributed by atoms with E-state index in [1.807, 2.05) is 0 Å². The lowest BCUT2D eigenvalue weighted by Gasteiger charge is -1.94. The molecule has 5 nitrogen and oxygen atoms in total. The first-order chi connectivity index (χ1) is 4.70. The van der Waals surface area contributed by atoms with Gasteiger partial charge < -0.3 is 9.94 Å². The van der Waals surface area contributed by atoms with Crippen LogP contribution in [0.2, 0.25) is 0 Å². The molecule has 0 heterocycles. The number of carbonyl (C=O) groups excluding carboxylic acids is 1. The SMILES string of the molecule is CC(=O)OC/C(C#N)=N\O. The van der Waals surface area contributed by atoms with E-state index in [1.54, 1.807) is 0 Å². The Kier molecular flexibility index (Phi) is 3.64. The minimum atomic E-state index is -0.517. The fourth-order valence-electron chi connectivity index (χ4n) is 0.253. The molecule has 0 spiro atoms. The van der Waals surface area contributed by atoms with Crippen molar-refractivity contribution >= 4 is 11.7 Å². The highest BCUT2D eigenvalue weighted by atomic mass is 16.5. The zero-order valence-electron chi connectivity index (χ0n) is 5.37. The lowest BCUT2D eigenvalue weighted by Crippen LogP contribution is -2.09. The Morgan fingerprint density at radius 3 is 2.80 bits per heavy atom. The van der Waals surface area contributed by atoms with Crippen LogP contribution in [0.5, 0.6) is 0 Å². The number of hydrogen-bond donors (Lipinski definition) is 1. The van der Waals surface area contributed by atoms with Crippen molar-refractivity contribution < 1.29 is 14.7 Å². The van der Waals surface area contributed by atoms with Gasteiger partial charge in [0.05, 0.1) is 0 Å². The van der Waals surface area contributed by atoms with Crippen molar-refractivity contribution in [2.75, 3.05) is 6.61 Å². The van der Waals surface area contributed by atoms with E-state index in [2.05, 4.69) is 9.89 Å². The summed E-state index contributed by atoms with van der Waals surface area (Å²) >= 11 is 0. The zero-order chi connectivity index (χ0) is 7.98. The van der Waals surface area contributed by atoms with Gasteiger partial charge in [-0.15, -0.1) is 0 Å². The number of esters is 1. The molecule has 0 atom stereocenters. The van der Waals surface area contributed by atoms with E-state index in [0.29, 0.717) is 0 Å². The minimum absolute atomic E-state index is 0.227. The van der Waals surface area contributed by atoms with Crippen molar-refractivity contribution in [3.63, 3.8) is 0 Å². The van der Waals surface area contributed by atoms with Gasteiger partial charge in [0.15, 0.2) is 5.71 Å². The lowest BCUT2D eigenvalue weighted by atomic mass is 10.4. The number of nitrogens with zero attached hydrogens (tertiary/aromatic N) is 2. The third-order valence-electron chi connectivity index (χ3n) is 0.662. The Balaban J connectivity index is 3.70. The second kappa shape index (κ2) is 4.32. The summed E-state index contributed by atoms with van der Waals surface area (Å²) in [6, 6.07) is 1.53. The van der Waals surface area contributed by atoms with Crippen LogP contribution in [0.4, 0.5) is 0 Å². The summed E-state index contributed by atoms with van der Waals surface area (Å²) < 4.78 is 4.33. The highest BCUT2D eigenvalue weighted by molar-refractivity contribution is 5.99. The van der Waals surface area contributed by atoms with Gasteiger partial charge in [-0.25, -0.2) is 0 Å². The summed E-state index contributed by atoms with van der Waals surface area (Å²) in [7, 11) is 0. The summed E-state index contributed by atoms with van der Waals surface area (Å²) in [6.45, 7) is 0.925. The summed E-state index contributed by atoms with van der Waals surface area (Å²) in [5, 5.41) is 18.7. The normalized spacial score (nSPS) is 10.2. The van der Waals surface area contributed by atoms with Crippen molar-refractivity contribution in [1.29, 1.82) is 5.26 Å². The summed E-state index contributed by atoms with van der Waals surface area (Å²) in [5.74, 6) is -0.517. The zero-order valence-corrected chi connectivity index (χ0v) is 5.37. The number of rotatable bonds is 2.